The summed E-state index contributed by atoms with van der Waals surface area (Å²) in [5, 5.41) is 9.64. The molecule has 0 spiro atoms. The first-order valence-corrected chi connectivity index (χ1v) is 8.98. The number of aliphatic hydroxyl groups is 1. The summed E-state index contributed by atoms with van der Waals surface area (Å²) >= 11 is 0. The fourth-order valence-corrected chi connectivity index (χ4v) is 3.21. The number of benzene rings is 2. The predicted molar refractivity (Wildman–Crippen MR) is 98.3 cm³/mol. The van der Waals surface area contributed by atoms with Gasteiger partial charge in [-0.25, -0.2) is 9.18 Å². The van der Waals surface area contributed by atoms with Crippen LogP contribution in [0.4, 0.5) is 4.39 Å². The molecule has 1 aliphatic heterocycles. The van der Waals surface area contributed by atoms with E-state index in [0.29, 0.717) is 18.5 Å². The molecule has 1 atom stereocenters. The number of hydrogen-bond acceptors (Lipinski definition) is 6. The lowest BCUT2D eigenvalue weighted by atomic mass is 9.95. The van der Waals surface area contributed by atoms with Gasteiger partial charge in [0.25, 0.3) is 0 Å². The van der Waals surface area contributed by atoms with Gasteiger partial charge in [-0.1, -0.05) is 12.1 Å². The minimum Gasteiger partial charge on any atom is -0.492 e. The van der Waals surface area contributed by atoms with Gasteiger partial charge in [0.1, 0.15) is 5.82 Å². The Kier molecular flexibility index (Phi) is 6.26. The second-order valence-electron chi connectivity index (χ2n) is 6.46. The number of aliphatic hydroxyl groups excluding tert-OH is 1. The first-order valence-electron chi connectivity index (χ1n) is 8.98. The van der Waals surface area contributed by atoms with Gasteiger partial charge in [0.15, 0.2) is 17.8 Å². The van der Waals surface area contributed by atoms with Crippen molar-refractivity contribution in [3.05, 3.63) is 58.4 Å². The molecule has 0 amide bonds. The number of esters is 1. The molecular weight excluding hydrogens is 367 g/mol. The van der Waals surface area contributed by atoms with Crippen LogP contribution >= 0.6 is 0 Å². The molecule has 0 saturated carbocycles. The van der Waals surface area contributed by atoms with Crippen molar-refractivity contribution in [3.63, 3.8) is 0 Å². The van der Waals surface area contributed by atoms with Crippen LogP contribution in [-0.4, -0.2) is 37.4 Å². The molecule has 1 unspecified atom stereocenters. The zero-order chi connectivity index (χ0) is 20.1. The third-order valence-electron chi connectivity index (χ3n) is 4.59. The van der Waals surface area contributed by atoms with E-state index in [4.69, 9.17) is 14.2 Å². The van der Waals surface area contributed by atoms with Gasteiger partial charge in [0, 0.05) is 6.42 Å². The van der Waals surface area contributed by atoms with Crippen LogP contribution in [-0.2, 0) is 17.6 Å². The first-order chi connectivity index (χ1) is 13.5. The number of methoxy groups -OCH3 is 1. The zero-order valence-corrected chi connectivity index (χ0v) is 15.4. The standard InChI is InChI=1S/C21H21FO6/c1-26-20-17(12-23)15-11-19(24)28-21(25)16(15)10-18(20)27-9-3-2-4-13-5-7-14(22)8-6-13/h5-8,10,12,19,24H,2-4,9,11H2,1H3. The van der Waals surface area contributed by atoms with Crippen molar-refractivity contribution in [2.24, 2.45) is 0 Å². The molecule has 28 heavy (non-hydrogen) atoms. The molecule has 0 bridgehead atoms. The van der Waals surface area contributed by atoms with E-state index in [1.807, 2.05) is 0 Å². The van der Waals surface area contributed by atoms with Crippen LogP contribution in [0.25, 0.3) is 0 Å². The third-order valence-corrected chi connectivity index (χ3v) is 4.59. The van der Waals surface area contributed by atoms with Crippen molar-refractivity contribution in [2.45, 2.75) is 32.0 Å². The second-order valence-corrected chi connectivity index (χ2v) is 6.46. The maximum Gasteiger partial charge on any atom is 0.340 e. The molecule has 7 heteroatoms. The van der Waals surface area contributed by atoms with Crippen molar-refractivity contribution < 1.29 is 33.3 Å². The smallest absolute Gasteiger partial charge is 0.340 e. The number of hydrogen-bond donors (Lipinski definition) is 1. The second kappa shape index (κ2) is 8.84. The highest BCUT2D eigenvalue weighted by Crippen LogP contribution is 2.38. The summed E-state index contributed by atoms with van der Waals surface area (Å²) in [5.41, 5.74) is 1.79. The molecule has 1 aliphatic rings. The highest BCUT2D eigenvalue weighted by Gasteiger charge is 2.31. The van der Waals surface area contributed by atoms with Crippen molar-refractivity contribution >= 4 is 12.3 Å². The molecule has 0 aliphatic carbocycles. The number of carbonyl (C=O) groups excluding carboxylic acids is 2. The summed E-state index contributed by atoms with van der Waals surface area (Å²) in [6.45, 7) is 0.353. The Hall–Kier alpha value is -2.93. The van der Waals surface area contributed by atoms with Crippen LogP contribution in [0.15, 0.2) is 30.3 Å². The van der Waals surface area contributed by atoms with Crippen molar-refractivity contribution in [1.82, 2.24) is 0 Å². The number of fused-ring (bicyclic) bond motifs is 1. The van der Waals surface area contributed by atoms with Crippen LogP contribution in [0.3, 0.4) is 0 Å². The number of aldehydes is 1. The average Bonchev–Trinajstić information content (AvgIpc) is 2.68. The Bertz CT molecular complexity index is 862. The molecule has 0 radical (unpaired) electrons. The molecule has 0 saturated heterocycles. The summed E-state index contributed by atoms with van der Waals surface area (Å²) in [5.74, 6) is -0.461. The number of ether oxygens (including phenoxy) is 3. The van der Waals surface area contributed by atoms with Gasteiger partial charge in [-0.3, -0.25) is 4.79 Å². The molecule has 1 heterocycles. The minimum atomic E-state index is -1.29. The van der Waals surface area contributed by atoms with Crippen molar-refractivity contribution in [2.75, 3.05) is 13.7 Å². The Morgan fingerprint density at radius 3 is 2.71 bits per heavy atom. The molecule has 148 valence electrons. The Balaban J connectivity index is 1.67. The third kappa shape index (κ3) is 4.31. The molecule has 1 N–H and O–H groups in total. The largest absolute Gasteiger partial charge is 0.492 e. The molecule has 0 aromatic heterocycles. The van der Waals surface area contributed by atoms with Gasteiger partial charge < -0.3 is 19.3 Å². The maximum absolute atomic E-state index is 12.9. The summed E-state index contributed by atoms with van der Waals surface area (Å²) in [7, 11) is 1.41. The van der Waals surface area contributed by atoms with Crippen LogP contribution < -0.4 is 9.47 Å². The number of unbranched alkanes of at least 4 members (excludes halogenated alkanes) is 1. The lowest BCUT2D eigenvalue weighted by Gasteiger charge is -2.24. The Morgan fingerprint density at radius 2 is 2.04 bits per heavy atom. The normalized spacial score (nSPS) is 15.5. The zero-order valence-electron chi connectivity index (χ0n) is 15.4. The lowest BCUT2D eigenvalue weighted by Crippen LogP contribution is -2.28. The fourth-order valence-electron chi connectivity index (χ4n) is 3.21. The van der Waals surface area contributed by atoms with Crippen LogP contribution in [0.2, 0.25) is 0 Å². The summed E-state index contributed by atoms with van der Waals surface area (Å²) < 4.78 is 28.8. The summed E-state index contributed by atoms with van der Waals surface area (Å²) in [6, 6.07) is 7.84. The number of cyclic esters (lactones) is 1. The van der Waals surface area contributed by atoms with Gasteiger partial charge in [0.05, 0.1) is 24.8 Å². The maximum atomic E-state index is 12.9. The number of carbonyl (C=O) groups is 2. The van der Waals surface area contributed by atoms with E-state index >= 15 is 0 Å². The van der Waals surface area contributed by atoms with Crippen molar-refractivity contribution in [3.8, 4) is 11.5 Å². The lowest BCUT2D eigenvalue weighted by molar-refractivity contribution is -0.0688. The quantitative estimate of drug-likeness (QED) is 0.425. The van der Waals surface area contributed by atoms with Crippen LogP contribution in [0.5, 0.6) is 11.5 Å². The Morgan fingerprint density at radius 1 is 1.29 bits per heavy atom. The van der Waals surface area contributed by atoms with E-state index in [1.165, 1.54) is 25.3 Å². The molecule has 2 aromatic carbocycles. The van der Waals surface area contributed by atoms with Gasteiger partial charge in [-0.15, -0.1) is 0 Å². The van der Waals surface area contributed by atoms with Crippen molar-refractivity contribution in [1.29, 1.82) is 0 Å². The van der Waals surface area contributed by atoms with E-state index in [1.54, 1.807) is 12.1 Å². The SMILES string of the molecule is COc1c(OCCCCc2ccc(F)cc2)cc2c(c1C=O)CC(O)OC2=O. The molecule has 2 aromatic rings. The van der Waals surface area contributed by atoms with E-state index in [-0.39, 0.29) is 34.9 Å². The molecular formula is C21H21FO6. The van der Waals surface area contributed by atoms with Crippen LogP contribution in [0, 0.1) is 5.82 Å². The van der Waals surface area contributed by atoms with Gasteiger partial charge in [0.2, 0.25) is 6.29 Å². The van der Waals surface area contributed by atoms with E-state index < -0.39 is 12.3 Å². The summed E-state index contributed by atoms with van der Waals surface area (Å²) in [4.78, 5) is 23.6. The fraction of sp³-hybridized carbons (Fsp3) is 0.333. The topological polar surface area (TPSA) is 82.1 Å². The predicted octanol–water partition coefficient (Wildman–Crippen LogP) is 3.08. The summed E-state index contributed by atoms with van der Waals surface area (Å²) in [6.07, 6.45) is 1.65. The van der Waals surface area contributed by atoms with Gasteiger partial charge in [-0.05, 0) is 48.6 Å². The highest BCUT2D eigenvalue weighted by molar-refractivity contribution is 5.97. The average molecular weight is 388 g/mol. The van der Waals surface area contributed by atoms with Crippen LogP contribution in [0.1, 0.15) is 44.7 Å². The number of rotatable bonds is 8. The van der Waals surface area contributed by atoms with Gasteiger partial charge in [-0.2, -0.15) is 0 Å². The molecule has 3 rings (SSSR count). The highest BCUT2D eigenvalue weighted by atomic mass is 19.1. The molecule has 0 fully saturated rings. The van der Waals surface area contributed by atoms with E-state index in [0.717, 1.165) is 24.8 Å². The van der Waals surface area contributed by atoms with E-state index in [2.05, 4.69) is 0 Å². The Labute approximate surface area is 161 Å². The number of aryl methyl sites for hydroxylation is 1. The monoisotopic (exact) mass is 388 g/mol. The molecule has 6 nitrogen and oxygen atoms in total. The van der Waals surface area contributed by atoms with E-state index in [9.17, 15) is 19.1 Å². The number of halogens is 1. The first kappa shape index (κ1) is 19.8. The minimum absolute atomic E-state index is 0.0173. The van der Waals surface area contributed by atoms with Gasteiger partial charge >= 0.3 is 5.97 Å².